The third-order valence-corrected chi connectivity index (χ3v) is 4.81. The van der Waals surface area contributed by atoms with Gasteiger partial charge in [-0.05, 0) is 23.4 Å². The monoisotopic (exact) mass is 392 g/mol. The summed E-state index contributed by atoms with van der Waals surface area (Å²) in [5.41, 5.74) is 2.93. The first-order valence-electron chi connectivity index (χ1n) is 7.91. The van der Waals surface area contributed by atoms with E-state index in [0.29, 0.717) is 10.7 Å². The molecule has 0 bridgehead atoms. The van der Waals surface area contributed by atoms with Gasteiger partial charge >= 0.3 is 6.09 Å². The second-order valence-corrected chi connectivity index (χ2v) is 6.63. The van der Waals surface area contributed by atoms with E-state index in [-0.39, 0.29) is 36.3 Å². The Kier molecular flexibility index (Phi) is 4.67. The van der Waals surface area contributed by atoms with Gasteiger partial charge in [-0.15, -0.1) is 0 Å². The van der Waals surface area contributed by atoms with Gasteiger partial charge in [0.2, 0.25) is 0 Å². The van der Waals surface area contributed by atoms with Gasteiger partial charge in [0, 0.05) is 11.6 Å². The fraction of sp³-hybridized carbons (Fsp3) is 0.250. The van der Waals surface area contributed by atoms with Crippen LogP contribution in [0.25, 0.3) is 0 Å². The van der Waals surface area contributed by atoms with Crippen LogP contribution in [-0.2, 0) is 9.53 Å². The molecule has 140 valence electrons. The molecule has 2 aliphatic rings. The minimum Gasteiger partial charge on any atom is -0.471 e. The first kappa shape index (κ1) is 17.3. The van der Waals surface area contributed by atoms with Crippen LogP contribution in [0.3, 0.4) is 0 Å². The van der Waals surface area contributed by atoms with Crippen molar-refractivity contribution in [3.8, 4) is 5.88 Å². The third kappa shape index (κ3) is 3.72. The lowest BCUT2D eigenvalue weighted by molar-refractivity contribution is -0.118. The van der Waals surface area contributed by atoms with Gasteiger partial charge in [-0.2, -0.15) is 5.10 Å². The summed E-state index contributed by atoms with van der Waals surface area (Å²) < 4.78 is 29.8. The van der Waals surface area contributed by atoms with E-state index in [1.165, 1.54) is 29.4 Å². The first-order chi connectivity index (χ1) is 13.1. The van der Waals surface area contributed by atoms with Crippen molar-refractivity contribution in [1.82, 2.24) is 10.6 Å². The van der Waals surface area contributed by atoms with Crippen molar-refractivity contribution >= 4 is 34.5 Å². The average molecular weight is 392 g/mol. The number of aromatic nitrogens is 1. The van der Waals surface area contributed by atoms with Crippen LogP contribution >= 0.6 is 11.8 Å². The van der Waals surface area contributed by atoms with Crippen molar-refractivity contribution in [1.29, 1.82) is 0 Å². The highest BCUT2D eigenvalue weighted by Crippen LogP contribution is 2.27. The van der Waals surface area contributed by atoms with Crippen LogP contribution in [0.2, 0.25) is 0 Å². The molecule has 1 saturated heterocycles. The number of carbonyl (C=O) groups is 2. The number of nitrogens with zero attached hydrogens (tertiary/aromatic N) is 3. The highest BCUT2D eigenvalue weighted by molar-refractivity contribution is 8.15. The number of carbonyl (C=O) groups excluding carboxylic acids is 2. The van der Waals surface area contributed by atoms with Crippen molar-refractivity contribution in [3.05, 3.63) is 41.9 Å². The maximum absolute atomic E-state index is 14.5. The Morgan fingerprint density at radius 3 is 2.96 bits per heavy atom. The molecule has 0 spiro atoms. The summed E-state index contributed by atoms with van der Waals surface area (Å²) in [6.07, 6.45) is 0.255. The van der Waals surface area contributed by atoms with Gasteiger partial charge in [0.05, 0.1) is 18.0 Å². The molecule has 0 saturated carbocycles. The third-order valence-electron chi connectivity index (χ3n) is 3.82. The van der Waals surface area contributed by atoms with Gasteiger partial charge in [-0.1, -0.05) is 11.8 Å². The number of hydrogen-bond acceptors (Lipinski definition) is 8. The highest BCUT2D eigenvalue weighted by atomic mass is 32.2. The van der Waals surface area contributed by atoms with E-state index in [4.69, 9.17) is 9.47 Å². The smallest absolute Gasteiger partial charge is 0.414 e. The van der Waals surface area contributed by atoms with Crippen LogP contribution in [0.15, 0.2) is 40.2 Å². The lowest BCUT2D eigenvalue weighted by Crippen LogP contribution is -2.28. The second-order valence-electron chi connectivity index (χ2n) is 5.67. The second kappa shape index (κ2) is 7.27. The number of nitrogens with one attached hydrogen (secondary N) is 1. The van der Waals surface area contributed by atoms with Crippen LogP contribution in [0, 0.1) is 5.82 Å². The van der Waals surface area contributed by atoms with E-state index >= 15 is 0 Å². The number of hydrazone groups is 1. The fourth-order valence-electron chi connectivity index (χ4n) is 2.57. The summed E-state index contributed by atoms with van der Waals surface area (Å²) in [6.45, 7) is 0.309. The van der Waals surface area contributed by atoms with Gasteiger partial charge < -0.3 is 14.0 Å². The molecular formula is C16H13FN4O5S. The zero-order valence-corrected chi connectivity index (χ0v) is 14.6. The van der Waals surface area contributed by atoms with Crippen LogP contribution in [0.5, 0.6) is 5.88 Å². The Balaban J connectivity index is 1.44. The van der Waals surface area contributed by atoms with Crippen LogP contribution in [0.4, 0.5) is 14.9 Å². The molecule has 2 aliphatic heterocycles. The quantitative estimate of drug-likeness (QED) is 0.826. The Bertz CT molecular complexity index is 904. The predicted molar refractivity (Wildman–Crippen MR) is 93.2 cm³/mol. The van der Waals surface area contributed by atoms with E-state index in [9.17, 15) is 14.0 Å². The zero-order valence-electron chi connectivity index (χ0n) is 13.8. The van der Waals surface area contributed by atoms with E-state index in [2.05, 4.69) is 20.2 Å². The molecule has 1 atom stereocenters. The number of ether oxygens (including phenoxy) is 2. The van der Waals surface area contributed by atoms with Gasteiger partial charge in [-0.25, -0.2) is 14.6 Å². The number of thioether (sulfide) groups is 1. The molecular weight excluding hydrogens is 379 g/mol. The topological polar surface area (TPSA) is 106 Å². The minimum atomic E-state index is -0.590. The molecule has 3 heterocycles. The maximum atomic E-state index is 14.5. The number of amides is 2. The summed E-state index contributed by atoms with van der Waals surface area (Å²) in [4.78, 5) is 24.6. The molecule has 1 fully saturated rings. The molecule has 1 aromatic heterocycles. The molecule has 11 heteroatoms. The molecule has 27 heavy (non-hydrogen) atoms. The first-order valence-corrected chi connectivity index (χ1v) is 8.89. The minimum absolute atomic E-state index is 0.0997. The van der Waals surface area contributed by atoms with Gasteiger partial charge in [-0.3, -0.25) is 9.69 Å². The Morgan fingerprint density at radius 2 is 2.26 bits per heavy atom. The Labute approximate surface area is 156 Å². The lowest BCUT2D eigenvalue weighted by atomic mass is 10.2. The number of benzene rings is 1. The number of anilines is 1. The molecule has 0 unspecified atom stereocenters. The normalized spacial score (nSPS) is 19.5. The van der Waals surface area contributed by atoms with Gasteiger partial charge in [0.25, 0.3) is 11.8 Å². The van der Waals surface area contributed by atoms with Crippen molar-refractivity contribution in [3.63, 3.8) is 0 Å². The highest BCUT2D eigenvalue weighted by Gasteiger charge is 2.33. The Morgan fingerprint density at radius 1 is 1.37 bits per heavy atom. The summed E-state index contributed by atoms with van der Waals surface area (Å²) in [7, 11) is 0. The van der Waals surface area contributed by atoms with Crippen molar-refractivity contribution in [2.75, 3.05) is 23.8 Å². The lowest BCUT2D eigenvalue weighted by Gasteiger charge is -2.16. The van der Waals surface area contributed by atoms with Crippen molar-refractivity contribution < 1.29 is 28.0 Å². The fourth-order valence-corrected chi connectivity index (χ4v) is 3.33. The zero-order chi connectivity index (χ0) is 18.8. The van der Waals surface area contributed by atoms with Gasteiger partial charge in [0.1, 0.15) is 23.7 Å². The maximum Gasteiger partial charge on any atom is 0.414 e. The molecule has 9 nitrogen and oxygen atoms in total. The number of cyclic esters (lactones) is 1. The van der Waals surface area contributed by atoms with Crippen LogP contribution < -0.4 is 15.1 Å². The molecule has 4 rings (SSSR count). The molecule has 2 amide bonds. The Hall–Kier alpha value is -3.08. The van der Waals surface area contributed by atoms with E-state index in [0.717, 1.165) is 11.8 Å². The largest absolute Gasteiger partial charge is 0.471 e. The van der Waals surface area contributed by atoms with Crippen LogP contribution in [-0.4, -0.2) is 47.2 Å². The number of halogens is 1. The summed E-state index contributed by atoms with van der Waals surface area (Å²) in [5, 5.41) is 7.83. The van der Waals surface area contributed by atoms with Crippen molar-refractivity contribution in [2.45, 2.75) is 6.10 Å². The molecule has 0 aliphatic carbocycles. The molecule has 1 aromatic carbocycles. The summed E-state index contributed by atoms with van der Waals surface area (Å²) >= 11 is 1.15. The average Bonchev–Trinajstić information content (AvgIpc) is 3.30. The van der Waals surface area contributed by atoms with E-state index in [1.807, 2.05) is 0 Å². The molecule has 1 N–H and O–H groups in total. The summed E-state index contributed by atoms with van der Waals surface area (Å²) in [5.74, 6) is -0.326. The van der Waals surface area contributed by atoms with Gasteiger partial charge in [0.15, 0.2) is 6.10 Å². The predicted octanol–water partition coefficient (Wildman–Crippen LogP) is 1.74. The van der Waals surface area contributed by atoms with Crippen molar-refractivity contribution in [2.24, 2.45) is 5.10 Å². The number of hydrogen-bond donors (Lipinski definition) is 1. The van der Waals surface area contributed by atoms with Crippen LogP contribution in [0.1, 0.15) is 5.56 Å². The summed E-state index contributed by atoms with van der Waals surface area (Å²) in [6, 6.07) is 5.88. The number of rotatable bonds is 5. The van der Waals surface area contributed by atoms with E-state index in [1.54, 1.807) is 6.07 Å². The van der Waals surface area contributed by atoms with E-state index < -0.39 is 18.0 Å². The standard InChI is InChI=1S/C16H13FN4O5S/c17-12-5-9(1-2-11(12)15-19-18-13(22)8-27-15)21-6-10(26-16(21)23)7-24-14-3-4-25-20-14/h1-5,10H,6-8H2,(H,18,22)/t10-/m1/s1. The molecule has 2 aromatic rings. The molecule has 0 radical (unpaired) electrons. The SMILES string of the molecule is O=C1CSC(c2ccc(N3C[C@H](COc4ccon4)OC3=O)cc2F)=NN1.